The Bertz CT molecular complexity index is 631. The minimum atomic E-state index is -1.15. The molecular weight excluding hydrogens is 335 g/mol. The van der Waals surface area contributed by atoms with Crippen LogP contribution >= 0.6 is 11.8 Å². The standard InChI is InChI=1S/C16H19FN2O4S/c1-10(20)18-14(9-11-3-5-12(17)6-4-11)15(21)19-13(16(22)23)7-8-24-2/h3-6,9,13H,7-8H2,1-2H3,(H,18,20)(H,19,21)(H,22,23)/b14-9-/t13-/m0/s1. The van der Waals surface area contributed by atoms with Gasteiger partial charge in [-0.1, -0.05) is 12.1 Å². The van der Waals surface area contributed by atoms with E-state index in [9.17, 15) is 18.8 Å². The molecule has 8 heteroatoms. The van der Waals surface area contributed by atoms with E-state index >= 15 is 0 Å². The predicted octanol–water partition coefficient (Wildman–Crippen LogP) is 1.63. The van der Waals surface area contributed by atoms with Crippen LogP contribution in [0.3, 0.4) is 0 Å². The first-order chi connectivity index (χ1) is 11.3. The Balaban J connectivity index is 2.97. The van der Waals surface area contributed by atoms with Crippen LogP contribution in [0.2, 0.25) is 0 Å². The minimum Gasteiger partial charge on any atom is -0.480 e. The van der Waals surface area contributed by atoms with Gasteiger partial charge in [-0.3, -0.25) is 9.59 Å². The van der Waals surface area contributed by atoms with Gasteiger partial charge in [0.05, 0.1) is 0 Å². The zero-order valence-electron chi connectivity index (χ0n) is 13.3. The number of carboxylic acid groups (broad SMARTS) is 1. The lowest BCUT2D eigenvalue weighted by Gasteiger charge is -2.16. The van der Waals surface area contributed by atoms with E-state index in [2.05, 4.69) is 10.6 Å². The summed E-state index contributed by atoms with van der Waals surface area (Å²) in [5.41, 5.74) is 0.385. The molecule has 1 aromatic carbocycles. The van der Waals surface area contributed by atoms with Gasteiger partial charge in [0.2, 0.25) is 5.91 Å². The summed E-state index contributed by atoms with van der Waals surface area (Å²) in [6.45, 7) is 1.23. The number of carboxylic acids is 1. The fourth-order valence-corrected chi connectivity index (χ4v) is 2.27. The normalized spacial score (nSPS) is 12.4. The quantitative estimate of drug-likeness (QED) is 0.617. The van der Waals surface area contributed by atoms with Gasteiger partial charge in [-0.25, -0.2) is 9.18 Å². The highest BCUT2D eigenvalue weighted by Crippen LogP contribution is 2.08. The molecule has 1 atom stereocenters. The maximum Gasteiger partial charge on any atom is 0.326 e. The zero-order chi connectivity index (χ0) is 18.1. The Morgan fingerprint density at radius 3 is 2.42 bits per heavy atom. The van der Waals surface area contributed by atoms with Crippen molar-refractivity contribution in [2.45, 2.75) is 19.4 Å². The van der Waals surface area contributed by atoms with Gasteiger partial charge in [0.25, 0.3) is 5.91 Å². The van der Waals surface area contributed by atoms with Gasteiger partial charge in [0.1, 0.15) is 17.6 Å². The fraction of sp³-hybridized carbons (Fsp3) is 0.312. The van der Waals surface area contributed by atoms with E-state index in [1.165, 1.54) is 49.0 Å². The first kappa shape index (κ1) is 19.7. The number of thioether (sulfide) groups is 1. The van der Waals surface area contributed by atoms with Crippen molar-refractivity contribution in [2.75, 3.05) is 12.0 Å². The lowest BCUT2D eigenvalue weighted by atomic mass is 10.1. The van der Waals surface area contributed by atoms with Crippen molar-refractivity contribution in [1.82, 2.24) is 10.6 Å². The molecule has 6 nitrogen and oxygen atoms in total. The summed E-state index contributed by atoms with van der Waals surface area (Å²) in [4.78, 5) is 34.8. The van der Waals surface area contributed by atoms with E-state index in [0.717, 1.165) is 0 Å². The van der Waals surface area contributed by atoms with E-state index in [1.807, 2.05) is 6.26 Å². The lowest BCUT2D eigenvalue weighted by Crippen LogP contribution is -2.44. The third-order valence-electron chi connectivity index (χ3n) is 2.95. The van der Waals surface area contributed by atoms with E-state index in [-0.39, 0.29) is 12.1 Å². The topological polar surface area (TPSA) is 95.5 Å². The first-order valence-electron chi connectivity index (χ1n) is 7.11. The van der Waals surface area contributed by atoms with Crippen LogP contribution in [0, 0.1) is 5.82 Å². The van der Waals surface area contributed by atoms with Crippen LogP contribution in [0.15, 0.2) is 30.0 Å². The highest BCUT2D eigenvalue weighted by atomic mass is 32.2. The van der Waals surface area contributed by atoms with Crippen molar-refractivity contribution in [3.8, 4) is 0 Å². The second-order valence-corrected chi connectivity index (χ2v) is 5.92. The molecule has 0 aliphatic rings. The van der Waals surface area contributed by atoms with Crippen LogP contribution in [0.5, 0.6) is 0 Å². The average Bonchev–Trinajstić information content (AvgIpc) is 2.52. The average molecular weight is 354 g/mol. The second kappa shape index (κ2) is 9.71. The molecule has 1 rings (SSSR count). The van der Waals surface area contributed by atoms with E-state index < -0.39 is 29.6 Å². The predicted molar refractivity (Wildman–Crippen MR) is 90.8 cm³/mol. The van der Waals surface area contributed by atoms with Gasteiger partial charge in [-0.05, 0) is 42.2 Å². The lowest BCUT2D eigenvalue weighted by molar-refractivity contribution is -0.141. The van der Waals surface area contributed by atoms with Gasteiger partial charge in [0.15, 0.2) is 0 Å². The van der Waals surface area contributed by atoms with Gasteiger partial charge >= 0.3 is 5.97 Å². The van der Waals surface area contributed by atoms with Crippen LogP contribution in [0.1, 0.15) is 18.9 Å². The highest BCUT2D eigenvalue weighted by Gasteiger charge is 2.22. The maximum atomic E-state index is 12.9. The molecule has 0 spiro atoms. The molecule has 0 fully saturated rings. The number of hydrogen-bond donors (Lipinski definition) is 3. The first-order valence-corrected chi connectivity index (χ1v) is 8.50. The third-order valence-corrected chi connectivity index (χ3v) is 3.59. The summed E-state index contributed by atoms with van der Waals surface area (Å²) >= 11 is 1.46. The molecular formula is C16H19FN2O4S. The van der Waals surface area contributed by atoms with Crippen molar-refractivity contribution >= 4 is 35.6 Å². The van der Waals surface area contributed by atoms with Crippen molar-refractivity contribution in [2.24, 2.45) is 0 Å². The number of carbonyl (C=O) groups is 3. The molecule has 0 saturated carbocycles. The number of halogens is 1. The fourth-order valence-electron chi connectivity index (χ4n) is 1.80. The molecule has 0 saturated heterocycles. The SMILES string of the molecule is CSCC[C@H](NC(=O)/C(=C/c1ccc(F)cc1)NC(C)=O)C(=O)O. The third kappa shape index (κ3) is 6.82. The number of aliphatic carboxylic acids is 1. The van der Waals surface area contributed by atoms with Crippen LogP contribution in [-0.4, -0.2) is 40.9 Å². The smallest absolute Gasteiger partial charge is 0.326 e. The molecule has 0 aliphatic heterocycles. The Labute approximate surface area is 143 Å². The number of hydrogen-bond acceptors (Lipinski definition) is 4. The van der Waals surface area contributed by atoms with E-state index in [4.69, 9.17) is 5.11 Å². The van der Waals surface area contributed by atoms with E-state index in [0.29, 0.717) is 11.3 Å². The molecule has 130 valence electrons. The number of rotatable bonds is 8. The molecule has 0 unspecified atom stereocenters. The Morgan fingerprint density at radius 1 is 1.29 bits per heavy atom. The Hall–Kier alpha value is -2.35. The summed E-state index contributed by atoms with van der Waals surface area (Å²) < 4.78 is 12.9. The van der Waals surface area contributed by atoms with Crippen molar-refractivity contribution in [1.29, 1.82) is 0 Å². The van der Waals surface area contributed by atoms with Crippen molar-refractivity contribution < 1.29 is 23.9 Å². The second-order valence-electron chi connectivity index (χ2n) is 4.94. The van der Waals surface area contributed by atoms with Crippen molar-refractivity contribution in [3.63, 3.8) is 0 Å². The van der Waals surface area contributed by atoms with E-state index in [1.54, 1.807) is 0 Å². The van der Waals surface area contributed by atoms with Gasteiger partial charge < -0.3 is 15.7 Å². The van der Waals surface area contributed by atoms with Crippen LogP contribution in [-0.2, 0) is 14.4 Å². The Kier molecular flexibility index (Phi) is 7.97. The number of benzene rings is 1. The van der Waals surface area contributed by atoms with Gasteiger partial charge in [-0.2, -0.15) is 11.8 Å². The molecule has 1 aromatic rings. The molecule has 0 radical (unpaired) electrons. The van der Waals surface area contributed by atoms with Crippen LogP contribution in [0.4, 0.5) is 4.39 Å². The van der Waals surface area contributed by atoms with Crippen molar-refractivity contribution in [3.05, 3.63) is 41.3 Å². The molecule has 0 heterocycles. The number of amides is 2. The number of nitrogens with one attached hydrogen (secondary N) is 2. The summed E-state index contributed by atoms with van der Waals surface area (Å²) in [6.07, 6.45) is 3.44. The molecule has 0 aliphatic carbocycles. The molecule has 24 heavy (non-hydrogen) atoms. The maximum absolute atomic E-state index is 12.9. The summed E-state index contributed by atoms with van der Waals surface area (Å²) in [6, 6.07) is 4.25. The van der Waals surface area contributed by atoms with Crippen LogP contribution in [0.25, 0.3) is 6.08 Å². The zero-order valence-corrected chi connectivity index (χ0v) is 14.2. The van der Waals surface area contributed by atoms with Crippen LogP contribution < -0.4 is 10.6 Å². The molecule has 2 amide bonds. The molecule has 0 aromatic heterocycles. The largest absolute Gasteiger partial charge is 0.480 e. The summed E-state index contributed by atoms with van der Waals surface area (Å²) in [5, 5.41) is 13.9. The Morgan fingerprint density at radius 2 is 1.92 bits per heavy atom. The minimum absolute atomic E-state index is 0.107. The highest BCUT2D eigenvalue weighted by molar-refractivity contribution is 7.98. The van der Waals surface area contributed by atoms with Gasteiger partial charge in [0, 0.05) is 6.92 Å². The summed E-state index contributed by atoms with van der Waals surface area (Å²) in [5.74, 6) is -2.21. The monoisotopic (exact) mass is 354 g/mol. The molecule has 3 N–H and O–H groups in total. The van der Waals surface area contributed by atoms with Gasteiger partial charge in [-0.15, -0.1) is 0 Å². The summed E-state index contributed by atoms with van der Waals surface area (Å²) in [7, 11) is 0. The molecule has 0 bridgehead atoms. The number of carbonyl (C=O) groups excluding carboxylic acids is 2.